The minimum absolute atomic E-state index is 0.554. The number of anilines is 1. The molecule has 6 nitrogen and oxygen atoms in total. The molecule has 0 atom stereocenters. The molecular formula is C10H13BrN6. The Morgan fingerprint density at radius 1 is 1.41 bits per heavy atom. The van der Waals surface area contributed by atoms with Crippen molar-refractivity contribution in [3.05, 3.63) is 16.5 Å². The second-order valence-electron chi connectivity index (χ2n) is 3.49. The first kappa shape index (κ1) is 12.0. The molecule has 0 radical (unpaired) electrons. The van der Waals surface area contributed by atoms with E-state index in [4.69, 9.17) is 0 Å². The summed E-state index contributed by atoms with van der Waals surface area (Å²) in [5.74, 6) is 1.89. The number of rotatable bonds is 4. The molecule has 2 aromatic rings. The number of H-pyrrole nitrogens is 1. The van der Waals surface area contributed by atoms with Crippen molar-refractivity contribution in [1.82, 2.24) is 25.1 Å². The van der Waals surface area contributed by atoms with E-state index >= 15 is 0 Å². The molecule has 2 N–H and O–H groups in total. The van der Waals surface area contributed by atoms with Crippen LogP contribution in [0, 0.1) is 0 Å². The van der Waals surface area contributed by atoms with Crippen LogP contribution in [0.1, 0.15) is 19.0 Å². The summed E-state index contributed by atoms with van der Waals surface area (Å²) in [6.07, 6.45) is 3.35. The highest BCUT2D eigenvalue weighted by Gasteiger charge is 2.13. The van der Waals surface area contributed by atoms with Crippen LogP contribution >= 0.6 is 15.9 Å². The lowest BCUT2D eigenvalue weighted by Crippen LogP contribution is -2.04. The highest BCUT2D eigenvalue weighted by atomic mass is 79.9. The zero-order valence-corrected chi connectivity index (χ0v) is 11.2. The van der Waals surface area contributed by atoms with Crippen LogP contribution in [0.2, 0.25) is 0 Å². The number of hydrogen-bond acceptors (Lipinski definition) is 5. The molecule has 0 bridgehead atoms. The topological polar surface area (TPSA) is 79.4 Å². The summed E-state index contributed by atoms with van der Waals surface area (Å²) < 4.78 is 0.908. The van der Waals surface area contributed by atoms with Gasteiger partial charge in [0.15, 0.2) is 11.6 Å². The van der Waals surface area contributed by atoms with Gasteiger partial charge in [0.1, 0.15) is 12.1 Å². The molecule has 0 spiro atoms. The van der Waals surface area contributed by atoms with E-state index in [1.807, 2.05) is 7.05 Å². The summed E-state index contributed by atoms with van der Waals surface area (Å²) in [6, 6.07) is 0. The molecule has 0 aliphatic rings. The van der Waals surface area contributed by atoms with E-state index in [1.54, 1.807) is 0 Å². The maximum atomic E-state index is 4.48. The minimum Gasteiger partial charge on any atom is -0.372 e. The summed E-state index contributed by atoms with van der Waals surface area (Å²) in [5.41, 5.74) is 0.971. The number of aromatic nitrogens is 5. The molecule has 0 amide bonds. The van der Waals surface area contributed by atoms with Gasteiger partial charge < -0.3 is 5.32 Å². The van der Waals surface area contributed by atoms with Gasteiger partial charge in [0.2, 0.25) is 0 Å². The van der Waals surface area contributed by atoms with Gasteiger partial charge in [-0.2, -0.15) is 5.10 Å². The van der Waals surface area contributed by atoms with E-state index < -0.39 is 0 Å². The van der Waals surface area contributed by atoms with Gasteiger partial charge in [0, 0.05) is 7.05 Å². The highest BCUT2D eigenvalue weighted by molar-refractivity contribution is 9.10. The van der Waals surface area contributed by atoms with Gasteiger partial charge >= 0.3 is 0 Å². The summed E-state index contributed by atoms with van der Waals surface area (Å²) in [6.45, 7) is 2.11. The zero-order valence-electron chi connectivity index (χ0n) is 9.66. The molecule has 0 aromatic carbocycles. The summed E-state index contributed by atoms with van der Waals surface area (Å²) in [7, 11) is 1.83. The number of halogens is 1. The molecule has 2 aromatic heterocycles. The van der Waals surface area contributed by atoms with Gasteiger partial charge in [0.05, 0.1) is 10.2 Å². The fourth-order valence-electron chi connectivity index (χ4n) is 1.48. The standard InChI is InChI=1S/C10H13BrN6/c1-3-4-6-7(11)8(12-2)16-10(15-6)9-13-5-14-17-9/h5H,3-4H2,1-2H3,(H,12,15,16)(H,13,14,17). The van der Waals surface area contributed by atoms with Gasteiger partial charge in [-0.15, -0.1) is 0 Å². The van der Waals surface area contributed by atoms with E-state index in [-0.39, 0.29) is 0 Å². The third-order valence-electron chi connectivity index (χ3n) is 2.27. The number of nitrogens with one attached hydrogen (secondary N) is 2. The van der Waals surface area contributed by atoms with Gasteiger partial charge in [-0.3, -0.25) is 5.10 Å². The molecule has 0 unspecified atom stereocenters. The number of aromatic amines is 1. The Hall–Kier alpha value is -1.50. The number of hydrogen-bond donors (Lipinski definition) is 2. The largest absolute Gasteiger partial charge is 0.372 e. The second-order valence-corrected chi connectivity index (χ2v) is 4.28. The van der Waals surface area contributed by atoms with E-state index in [0.29, 0.717) is 11.6 Å². The lowest BCUT2D eigenvalue weighted by molar-refractivity contribution is 0.865. The predicted octanol–water partition coefficient (Wildman–Crippen LogP) is 2.02. The third kappa shape index (κ3) is 2.44. The van der Waals surface area contributed by atoms with Crippen molar-refractivity contribution < 1.29 is 0 Å². The van der Waals surface area contributed by atoms with Gasteiger partial charge in [-0.25, -0.2) is 15.0 Å². The van der Waals surface area contributed by atoms with Crippen LogP contribution in [0.15, 0.2) is 10.8 Å². The van der Waals surface area contributed by atoms with Crippen molar-refractivity contribution in [1.29, 1.82) is 0 Å². The van der Waals surface area contributed by atoms with E-state index in [0.717, 1.165) is 28.8 Å². The molecule has 0 saturated carbocycles. The molecule has 0 saturated heterocycles. The smallest absolute Gasteiger partial charge is 0.199 e. The molecule has 2 heterocycles. The van der Waals surface area contributed by atoms with Crippen molar-refractivity contribution in [2.24, 2.45) is 0 Å². The number of nitrogens with zero attached hydrogens (tertiary/aromatic N) is 4. The molecule has 90 valence electrons. The van der Waals surface area contributed by atoms with Crippen molar-refractivity contribution in [2.75, 3.05) is 12.4 Å². The predicted molar refractivity (Wildman–Crippen MR) is 68.7 cm³/mol. The Balaban J connectivity index is 2.50. The van der Waals surface area contributed by atoms with Crippen molar-refractivity contribution >= 4 is 21.7 Å². The molecule has 0 fully saturated rings. The fourth-order valence-corrected chi connectivity index (χ4v) is 2.05. The molecular weight excluding hydrogens is 284 g/mol. The Morgan fingerprint density at radius 3 is 2.82 bits per heavy atom. The first-order valence-corrected chi connectivity index (χ1v) is 6.15. The molecule has 0 aliphatic heterocycles. The van der Waals surface area contributed by atoms with Gasteiger partial charge in [-0.1, -0.05) is 13.3 Å². The number of aryl methyl sites for hydroxylation is 1. The van der Waals surface area contributed by atoms with Crippen LogP contribution in [0.3, 0.4) is 0 Å². The molecule has 0 aliphatic carbocycles. The van der Waals surface area contributed by atoms with Crippen LogP contribution in [0.4, 0.5) is 5.82 Å². The van der Waals surface area contributed by atoms with E-state index in [2.05, 4.69) is 53.3 Å². The van der Waals surface area contributed by atoms with Crippen LogP contribution < -0.4 is 5.32 Å². The van der Waals surface area contributed by atoms with Crippen LogP contribution in [0.25, 0.3) is 11.6 Å². The monoisotopic (exact) mass is 296 g/mol. The Labute approximate surface area is 107 Å². The van der Waals surface area contributed by atoms with Crippen molar-refractivity contribution in [3.63, 3.8) is 0 Å². The SMILES string of the molecule is CCCc1nc(-c2ncn[nH]2)nc(NC)c1Br. The lowest BCUT2D eigenvalue weighted by Gasteiger charge is -2.09. The third-order valence-corrected chi connectivity index (χ3v) is 3.10. The van der Waals surface area contributed by atoms with E-state index in [1.165, 1.54) is 6.33 Å². The highest BCUT2D eigenvalue weighted by Crippen LogP contribution is 2.26. The average Bonchev–Trinajstić information content (AvgIpc) is 2.85. The summed E-state index contributed by atoms with van der Waals surface area (Å²) in [5, 5.41) is 9.60. The summed E-state index contributed by atoms with van der Waals surface area (Å²) >= 11 is 3.51. The fraction of sp³-hybridized carbons (Fsp3) is 0.400. The van der Waals surface area contributed by atoms with Crippen molar-refractivity contribution in [2.45, 2.75) is 19.8 Å². The van der Waals surface area contributed by atoms with Crippen LogP contribution in [-0.2, 0) is 6.42 Å². The normalized spacial score (nSPS) is 10.5. The van der Waals surface area contributed by atoms with Gasteiger partial charge in [0.25, 0.3) is 0 Å². The first-order chi connectivity index (χ1) is 8.26. The molecule has 17 heavy (non-hydrogen) atoms. The Bertz CT molecular complexity index is 496. The Morgan fingerprint density at radius 2 is 2.24 bits per heavy atom. The zero-order chi connectivity index (χ0) is 12.3. The molecule has 2 rings (SSSR count). The van der Waals surface area contributed by atoms with Crippen LogP contribution in [-0.4, -0.2) is 32.2 Å². The second kappa shape index (κ2) is 5.22. The van der Waals surface area contributed by atoms with Crippen molar-refractivity contribution in [3.8, 4) is 11.6 Å². The maximum Gasteiger partial charge on any atom is 0.199 e. The maximum absolute atomic E-state index is 4.48. The summed E-state index contributed by atoms with van der Waals surface area (Å²) in [4.78, 5) is 12.9. The van der Waals surface area contributed by atoms with Gasteiger partial charge in [-0.05, 0) is 22.4 Å². The minimum atomic E-state index is 0.554. The first-order valence-electron chi connectivity index (χ1n) is 5.36. The Kier molecular flexibility index (Phi) is 3.68. The average molecular weight is 297 g/mol. The quantitative estimate of drug-likeness (QED) is 0.902. The molecule has 7 heteroatoms. The van der Waals surface area contributed by atoms with E-state index in [9.17, 15) is 0 Å². The van der Waals surface area contributed by atoms with Crippen LogP contribution in [0.5, 0.6) is 0 Å². The lowest BCUT2D eigenvalue weighted by atomic mass is 10.2.